The van der Waals surface area contributed by atoms with E-state index in [0.29, 0.717) is 22.9 Å². The van der Waals surface area contributed by atoms with Gasteiger partial charge >= 0.3 is 0 Å². The number of benzene rings is 2. The molecule has 2 aromatic carbocycles. The van der Waals surface area contributed by atoms with E-state index in [2.05, 4.69) is 16.0 Å². The van der Waals surface area contributed by atoms with Gasteiger partial charge in [0.15, 0.2) is 5.69 Å². The normalized spacial score (nSPS) is 27.0. The molecule has 4 bridgehead atoms. The number of para-hydroxylation sites is 1. The van der Waals surface area contributed by atoms with Crippen molar-refractivity contribution in [1.29, 1.82) is 0 Å². The largest absolute Gasteiger partial charge is 0.290 e. The number of fused-ring (bicyclic) bond motifs is 1. The van der Waals surface area contributed by atoms with Gasteiger partial charge in [0.1, 0.15) is 0 Å². The number of hydrogen-bond donors (Lipinski definition) is 2. The lowest BCUT2D eigenvalue weighted by molar-refractivity contribution is -0.130. The van der Waals surface area contributed by atoms with Crippen molar-refractivity contribution in [3.8, 4) is 5.69 Å². The molecule has 174 valence electrons. The van der Waals surface area contributed by atoms with Crippen molar-refractivity contribution in [2.24, 2.45) is 23.2 Å². The monoisotopic (exact) mass is 456 g/mol. The van der Waals surface area contributed by atoms with E-state index in [1.165, 1.54) is 23.9 Å². The molecule has 7 heteroatoms. The molecule has 7 rings (SSSR count). The summed E-state index contributed by atoms with van der Waals surface area (Å²) >= 11 is 0. The molecule has 7 nitrogen and oxygen atoms in total. The van der Waals surface area contributed by atoms with Crippen molar-refractivity contribution in [1.82, 2.24) is 20.6 Å². The Morgan fingerprint density at radius 3 is 2.09 bits per heavy atom. The molecule has 4 aliphatic carbocycles. The van der Waals surface area contributed by atoms with Crippen LogP contribution in [0.2, 0.25) is 0 Å². The van der Waals surface area contributed by atoms with Gasteiger partial charge < -0.3 is 0 Å². The van der Waals surface area contributed by atoms with E-state index in [1.54, 1.807) is 36.4 Å². The first-order valence-electron chi connectivity index (χ1n) is 12.2. The smallest absolute Gasteiger partial charge is 0.273 e. The summed E-state index contributed by atoms with van der Waals surface area (Å²) in [5.74, 6) is 1.60. The molecule has 0 radical (unpaired) electrons. The average molecular weight is 457 g/mol. The van der Waals surface area contributed by atoms with Crippen molar-refractivity contribution in [2.45, 2.75) is 44.9 Å². The molecule has 2 N–H and O–H groups in total. The maximum absolute atomic E-state index is 13.1. The third-order valence-electron chi connectivity index (χ3n) is 8.04. The van der Waals surface area contributed by atoms with Gasteiger partial charge in [-0.1, -0.05) is 36.4 Å². The second-order valence-electron chi connectivity index (χ2n) is 10.5. The number of amides is 2. The molecule has 4 fully saturated rings. The van der Waals surface area contributed by atoms with E-state index in [9.17, 15) is 14.4 Å². The summed E-state index contributed by atoms with van der Waals surface area (Å²) < 4.78 is 1.23. The highest BCUT2D eigenvalue weighted by Crippen LogP contribution is 2.61. The number of carbonyl (C=O) groups is 2. The lowest BCUT2D eigenvalue weighted by Crippen LogP contribution is -2.50. The van der Waals surface area contributed by atoms with Crippen molar-refractivity contribution in [2.75, 3.05) is 0 Å². The molecular weight excluding hydrogens is 428 g/mol. The Labute approximate surface area is 197 Å². The molecule has 0 atom stereocenters. The van der Waals surface area contributed by atoms with Gasteiger partial charge in [0, 0.05) is 11.8 Å². The number of aromatic nitrogens is 2. The van der Waals surface area contributed by atoms with Crippen LogP contribution in [0.3, 0.4) is 0 Å². The zero-order valence-electron chi connectivity index (χ0n) is 19.0. The second kappa shape index (κ2) is 8.08. The Kier molecular flexibility index (Phi) is 5.01. The molecule has 0 unspecified atom stereocenters. The Morgan fingerprint density at radius 2 is 1.44 bits per heavy atom. The lowest BCUT2D eigenvalue weighted by atomic mass is 9.49. The van der Waals surface area contributed by atoms with Crippen LogP contribution in [0.15, 0.2) is 59.4 Å². The summed E-state index contributed by atoms with van der Waals surface area (Å²) in [5, 5.41) is 5.22. The van der Waals surface area contributed by atoms with Crippen molar-refractivity contribution in [3.63, 3.8) is 0 Å². The molecule has 3 aromatic rings. The van der Waals surface area contributed by atoms with E-state index in [-0.39, 0.29) is 22.6 Å². The Balaban J connectivity index is 1.22. The van der Waals surface area contributed by atoms with Crippen molar-refractivity contribution in [3.05, 3.63) is 70.6 Å². The van der Waals surface area contributed by atoms with Gasteiger partial charge in [-0.3, -0.25) is 25.2 Å². The van der Waals surface area contributed by atoms with Gasteiger partial charge in [-0.05, 0) is 79.9 Å². The SMILES string of the molecule is O=C(CC12CC3CC(CC(C3)C1)C2)NNC(=O)c1nn(-c2ccccc2)c(=O)c2ccccc12. The second-order valence-corrected chi connectivity index (χ2v) is 10.5. The number of hydrogen-bond acceptors (Lipinski definition) is 4. The highest BCUT2D eigenvalue weighted by molar-refractivity contribution is 6.05. The first-order valence-corrected chi connectivity index (χ1v) is 12.2. The van der Waals surface area contributed by atoms with Gasteiger partial charge in [0.2, 0.25) is 5.91 Å². The fourth-order valence-electron chi connectivity index (χ4n) is 7.18. The minimum atomic E-state index is -0.542. The van der Waals surface area contributed by atoms with Gasteiger partial charge in [-0.2, -0.15) is 9.78 Å². The minimum Gasteiger partial charge on any atom is -0.273 e. The van der Waals surface area contributed by atoms with Crippen LogP contribution in [0.25, 0.3) is 16.5 Å². The highest BCUT2D eigenvalue weighted by Gasteiger charge is 2.51. The number of rotatable bonds is 4. The van der Waals surface area contributed by atoms with E-state index >= 15 is 0 Å². The summed E-state index contributed by atoms with van der Waals surface area (Å²) in [5.41, 5.74) is 5.63. The number of hydrazine groups is 1. The average Bonchev–Trinajstić information content (AvgIpc) is 2.82. The fourth-order valence-corrected chi connectivity index (χ4v) is 7.18. The third-order valence-corrected chi connectivity index (χ3v) is 8.04. The molecular formula is C27H28N4O3. The Bertz CT molecular complexity index is 1300. The molecule has 1 aromatic heterocycles. The molecule has 0 aliphatic heterocycles. The number of nitrogens with zero attached hydrogens (tertiary/aromatic N) is 2. The minimum absolute atomic E-state index is 0.0918. The predicted molar refractivity (Wildman–Crippen MR) is 128 cm³/mol. The van der Waals surface area contributed by atoms with Crippen LogP contribution < -0.4 is 16.4 Å². The van der Waals surface area contributed by atoms with E-state index < -0.39 is 5.91 Å². The highest BCUT2D eigenvalue weighted by atomic mass is 16.2. The maximum Gasteiger partial charge on any atom is 0.290 e. The van der Waals surface area contributed by atoms with Crippen LogP contribution in [0.4, 0.5) is 0 Å². The summed E-state index contributed by atoms with van der Waals surface area (Å²) in [7, 11) is 0. The molecule has 2 amide bonds. The summed E-state index contributed by atoms with van der Waals surface area (Å²) in [6, 6.07) is 15.9. The molecule has 4 aliphatic rings. The van der Waals surface area contributed by atoms with Crippen LogP contribution in [0.5, 0.6) is 0 Å². The van der Waals surface area contributed by atoms with Crippen LogP contribution in [-0.4, -0.2) is 21.6 Å². The first-order chi connectivity index (χ1) is 16.5. The first kappa shape index (κ1) is 21.1. The van der Waals surface area contributed by atoms with Crippen LogP contribution >= 0.6 is 0 Å². The van der Waals surface area contributed by atoms with Crippen molar-refractivity contribution >= 4 is 22.6 Å². The summed E-state index contributed by atoms with van der Waals surface area (Å²) in [6.45, 7) is 0. The zero-order chi connectivity index (χ0) is 23.3. The predicted octanol–water partition coefficient (Wildman–Crippen LogP) is 3.75. The van der Waals surface area contributed by atoms with Crippen LogP contribution in [0, 0.1) is 23.2 Å². The summed E-state index contributed by atoms with van der Waals surface area (Å²) in [4.78, 5) is 39.0. The van der Waals surface area contributed by atoms with E-state index in [0.717, 1.165) is 37.0 Å². The van der Waals surface area contributed by atoms with Crippen molar-refractivity contribution < 1.29 is 9.59 Å². The lowest BCUT2D eigenvalue weighted by Gasteiger charge is -2.56. The van der Waals surface area contributed by atoms with Gasteiger partial charge in [0.05, 0.1) is 11.1 Å². The van der Waals surface area contributed by atoms with Gasteiger partial charge in [-0.25, -0.2) is 0 Å². The summed E-state index contributed by atoms with van der Waals surface area (Å²) in [6.07, 6.45) is 7.83. The van der Waals surface area contributed by atoms with Gasteiger partial charge in [0.25, 0.3) is 11.5 Å². The third kappa shape index (κ3) is 3.69. The fraction of sp³-hybridized carbons (Fsp3) is 0.407. The Hall–Kier alpha value is -3.48. The topological polar surface area (TPSA) is 93.1 Å². The number of nitrogens with one attached hydrogen (secondary N) is 2. The van der Waals surface area contributed by atoms with Crippen LogP contribution in [-0.2, 0) is 4.79 Å². The molecule has 0 spiro atoms. The maximum atomic E-state index is 13.1. The molecule has 4 saturated carbocycles. The Morgan fingerprint density at radius 1 is 0.853 bits per heavy atom. The molecule has 34 heavy (non-hydrogen) atoms. The van der Waals surface area contributed by atoms with E-state index in [4.69, 9.17) is 0 Å². The van der Waals surface area contributed by atoms with E-state index in [1.807, 2.05) is 18.2 Å². The van der Waals surface area contributed by atoms with Crippen LogP contribution in [0.1, 0.15) is 55.4 Å². The quantitative estimate of drug-likeness (QED) is 0.585. The number of carbonyl (C=O) groups excluding carboxylic acids is 2. The standard InChI is InChI=1S/C27H28N4O3/c32-23(16-27-13-17-10-18(14-27)12-19(11-17)15-27)28-29-25(33)24-21-8-4-5-9-22(21)26(34)31(30-24)20-6-2-1-3-7-20/h1-9,17-19H,10-16H2,(H,28,32)(H,29,33). The molecule has 0 saturated heterocycles. The molecule has 1 heterocycles. The zero-order valence-corrected chi connectivity index (χ0v) is 19.0. The van der Waals surface area contributed by atoms with Gasteiger partial charge in [-0.15, -0.1) is 0 Å².